The second-order valence-electron chi connectivity index (χ2n) is 7.29. The third kappa shape index (κ3) is 3.19. The van der Waals surface area contributed by atoms with E-state index in [1.807, 2.05) is 56.3 Å². The lowest BCUT2D eigenvalue weighted by atomic mass is 10.1. The number of aromatic nitrogens is 3. The average molecular weight is 448 g/mol. The molecule has 0 amide bonds. The van der Waals surface area contributed by atoms with Crippen LogP contribution in [0.5, 0.6) is 11.8 Å². The number of thiophene rings is 1. The summed E-state index contributed by atoms with van der Waals surface area (Å²) < 4.78 is 7.59. The lowest BCUT2D eigenvalue weighted by Crippen LogP contribution is -2.22. The highest BCUT2D eigenvalue weighted by Crippen LogP contribution is 2.36. The topological polar surface area (TPSA) is 57.0 Å². The van der Waals surface area contributed by atoms with E-state index in [0.717, 1.165) is 20.7 Å². The monoisotopic (exact) mass is 447 g/mol. The number of para-hydroxylation sites is 2. The minimum absolute atomic E-state index is 0.159. The van der Waals surface area contributed by atoms with E-state index in [1.54, 1.807) is 23.5 Å². The quantitative estimate of drug-likeness (QED) is 0.322. The molecular weight excluding hydrogens is 430 g/mol. The van der Waals surface area contributed by atoms with Crippen LogP contribution in [0.3, 0.4) is 0 Å². The lowest BCUT2D eigenvalue weighted by Gasteiger charge is -2.15. The van der Waals surface area contributed by atoms with Gasteiger partial charge in [0, 0.05) is 10.3 Å². The van der Waals surface area contributed by atoms with E-state index < -0.39 is 0 Å². The minimum atomic E-state index is -0.228. The summed E-state index contributed by atoms with van der Waals surface area (Å²) in [5.41, 5.74) is 2.75. The fourth-order valence-corrected chi connectivity index (χ4v) is 4.94. The Kier molecular flexibility index (Phi) is 4.76. The predicted octanol–water partition coefficient (Wildman–Crippen LogP) is 6.37. The van der Waals surface area contributed by atoms with Crippen LogP contribution in [0.15, 0.2) is 59.4 Å². The molecule has 5 nitrogen and oxygen atoms in total. The van der Waals surface area contributed by atoms with E-state index >= 15 is 0 Å². The van der Waals surface area contributed by atoms with Crippen molar-refractivity contribution >= 4 is 44.1 Å². The van der Waals surface area contributed by atoms with E-state index in [1.165, 1.54) is 4.57 Å². The number of rotatable bonds is 3. The van der Waals surface area contributed by atoms with Crippen molar-refractivity contribution in [2.24, 2.45) is 0 Å². The van der Waals surface area contributed by atoms with Crippen molar-refractivity contribution in [3.63, 3.8) is 0 Å². The first kappa shape index (κ1) is 19.7. The van der Waals surface area contributed by atoms with Crippen molar-refractivity contribution in [3.8, 4) is 17.4 Å². The van der Waals surface area contributed by atoms with Crippen LogP contribution in [-0.4, -0.2) is 14.5 Å². The SMILES string of the molecule is Cc1sc2nc(C)c3c(=O)n(-c4ccccc4)c(Oc4ccccc4Cl)nc3c2c1C. The minimum Gasteiger partial charge on any atom is -0.424 e. The summed E-state index contributed by atoms with van der Waals surface area (Å²) in [5.74, 6) is 0.431. The second-order valence-corrected chi connectivity index (χ2v) is 8.90. The zero-order valence-electron chi connectivity index (χ0n) is 17.1. The maximum atomic E-state index is 13.8. The third-order valence-corrected chi connectivity index (χ3v) is 6.75. The molecule has 0 saturated heterocycles. The summed E-state index contributed by atoms with van der Waals surface area (Å²) in [5, 5.41) is 1.82. The fourth-order valence-electron chi connectivity index (χ4n) is 3.68. The molecule has 0 bridgehead atoms. The van der Waals surface area contributed by atoms with Gasteiger partial charge in [-0.25, -0.2) is 9.55 Å². The molecule has 0 aliphatic heterocycles. The predicted molar refractivity (Wildman–Crippen MR) is 126 cm³/mol. The zero-order chi connectivity index (χ0) is 21.7. The molecule has 154 valence electrons. The van der Waals surface area contributed by atoms with Gasteiger partial charge < -0.3 is 4.74 Å². The van der Waals surface area contributed by atoms with Gasteiger partial charge in [-0.3, -0.25) is 4.79 Å². The molecule has 0 aliphatic carbocycles. The van der Waals surface area contributed by atoms with Gasteiger partial charge in [-0.2, -0.15) is 4.98 Å². The highest BCUT2D eigenvalue weighted by Gasteiger charge is 2.22. The number of aryl methyl sites for hydroxylation is 3. The molecule has 0 aliphatic rings. The summed E-state index contributed by atoms with van der Waals surface area (Å²) in [6, 6.07) is 16.6. The smallest absolute Gasteiger partial charge is 0.310 e. The number of fused-ring (bicyclic) bond motifs is 3. The first-order valence-corrected chi connectivity index (χ1v) is 11.0. The van der Waals surface area contributed by atoms with Crippen molar-refractivity contribution in [1.82, 2.24) is 14.5 Å². The Bertz CT molecular complexity index is 1520. The molecule has 2 aromatic carbocycles. The second kappa shape index (κ2) is 7.48. The molecule has 0 unspecified atom stereocenters. The summed E-state index contributed by atoms with van der Waals surface area (Å²) >= 11 is 7.94. The van der Waals surface area contributed by atoms with Gasteiger partial charge in [0.05, 0.1) is 27.3 Å². The van der Waals surface area contributed by atoms with Crippen LogP contribution in [-0.2, 0) is 0 Å². The van der Waals surface area contributed by atoms with E-state index in [-0.39, 0.29) is 11.6 Å². The number of hydrogen-bond donors (Lipinski definition) is 0. The maximum Gasteiger partial charge on any atom is 0.310 e. The number of ether oxygens (including phenoxy) is 1. The van der Waals surface area contributed by atoms with Crippen molar-refractivity contribution in [2.75, 3.05) is 0 Å². The Morgan fingerprint density at radius 1 is 0.935 bits per heavy atom. The molecule has 0 spiro atoms. The zero-order valence-corrected chi connectivity index (χ0v) is 18.7. The van der Waals surface area contributed by atoms with Crippen molar-refractivity contribution in [3.05, 3.63) is 86.1 Å². The van der Waals surface area contributed by atoms with E-state index in [2.05, 4.69) is 6.92 Å². The number of pyridine rings is 1. The third-order valence-electron chi connectivity index (χ3n) is 5.34. The van der Waals surface area contributed by atoms with Crippen LogP contribution in [0.1, 0.15) is 16.1 Å². The molecule has 0 saturated carbocycles. The van der Waals surface area contributed by atoms with Gasteiger partial charge in [0.25, 0.3) is 5.56 Å². The van der Waals surface area contributed by atoms with Crippen LogP contribution in [0.4, 0.5) is 0 Å². The van der Waals surface area contributed by atoms with Crippen molar-refractivity contribution in [2.45, 2.75) is 20.8 Å². The Morgan fingerprint density at radius 3 is 2.39 bits per heavy atom. The summed E-state index contributed by atoms with van der Waals surface area (Å²) in [6.07, 6.45) is 0. The molecule has 0 radical (unpaired) electrons. The molecule has 3 heterocycles. The summed E-state index contributed by atoms with van der Waals surface area (Å²) in [4.78, 5) is 25.4. The van der Waals surface area contributed by atoms with Crippen LogP contribution in [0, 0.1) is 20.8 Å². The molecule has 7 heteroatoms. The summed E-state index contributed by atoms with van der Waals surface area (Å²) in [7, 11) is 0. The molecule has 0 atom stereocenters. The van der Waals surface area contributed by atoms with Crippen LogP contribution < -0.4 is 10.3 Å². The van der Waals surface area contributed by atoms with Gasteiger partial charge in [-0.15, -0.1) is 11.3 Å². The maximum absolute atomic E-state index is 13.8. The van der Waals surface area contributed by atoms with E-state index in [4.69, 9.17) is 26.3 Å². The largest absolute Gasteiger partial charge is 0.424 e. The first-order chi connectivity index (χ1) is 15.0. The fraction of sp³-hybridized carbons (Fsp3) is 0.125. The molecule has 3 aromatic heterocycles. The lowest BCUT2D eigenvalue weighted by molar-refractivity contribution is 0.427. The highest BCUT2D eigenvalue weighted by atomic mass is 35.5. The standard InChI is InChI=1S/C24H18ClN3O2S/c1-13-15(3)31-22-19(13)21-20(14(2)26-22)23(29)28(16-9-5-4-6-10-16)24(27-21)30-18-12-8-7-11-17(18)25/h4-12H,1-3H3. The Labute approximate surface area is 187 Å². The normalized spacial score (nSPS) is 11.4. The average Bonchev–Trinajstić information content (AvgIpc) is 3.03. The summed E-state index contributed by atoms with van der Waals surface area (Å²) in [6.45, 7) is 5.93. The van der Waals surface area contributed by atoms with Gasteiger partial charge in [0.2, 0.25) is 0 Å². The van der Waals surface area contributed by atoms with E-state index in [0.29, 0.717) is 33.1 Å². The molecule has 31 heavy (non-hydrogen) atoms. The van der Waals surface area contributed by atoms with Crippen LogP contribution in [0.2, 0.25) is 5.02 Å². The number of benzene rings is 2. The highest BCUT2D eigenvalue weighted by molar-refractivity contribution is 7.18. The van der Waals surface area contributed by atoms with Gasteiger partial charge in [-0.1, -0.05) is 41.9 Å². The van der Waals surface area contributed by atoms with Crippen molar-refractivity contribution in [1.29, 1.82) is 0 Å². The van der Waals surface area contributed by atoms with Crippen molar-refractivity contribution < 1.29 is 4.74 Å². The van der Waals surface area contributed by atoms with Gasteiger partial charge in [0.15, 0.2) is 0 Å². The number of hydrogen-bond acceptors (Lipinski definition) is 5. The Hall–Kier alpha value is -3.22. The molecule has 5 aromatic rings. The number of nitrogens with zero attached hydrogens (tertiary/aromatic N) is 3. The first-order valence-electron chi connectivity index (χ1n) is 9.76. The Morgan fingerprint density at radius 2 is 1.65 bits per heavy atom. The molecule has 5 rings (SSSR count). The van der Waals surface area contributed by atoms with E-state index in [9.17, 15) is 4.79 Å². The molecular formula is C24H18ClN3O2S. The van der Waals surface area contributed by atoms with Gasteiger partial charge in [-0.05, 0) is 50.6 Å². The molecule has 0 N–H and O–H groups in total. The van der Waals surface area contributed by atoms with Crippen LogP contribution in [0.25, 0.3) is 26.8 Å². The molecule has 0 fully saturated rings. The van der Waals surface area contributed by atoms with Crippen LogP contribution >= 0.6 is 22.9 Å². The Balaban J connectivity index is 1.92. The van der Waals surface area contributed by atoms with Gasteiger partial charge in [0.1, 0.15) is 10.6 Å². The van der Waals surface area contributed by atoms with Gasteiger partial charge >= 0.3 is 6.01 Å². The number of halogens is 1.